The van der Waals surface area contributed by atoms with Crippen molar-refractivity contribution in [1.82, 2.24) is 15.3 Å². The molecular formula is C11H4N6OS2. The largest absolute Gasteiger partial charge is 0.354 e. The lowest BCUT2D eigenvalue weighted by Crippen LogP contribution is -2.19. The van der Waals surface area contributed by atoms with E-state index in [1.165, 1.54) is 7.05 Å². The number of hydrogen-bond acceptors (Lipinski definition) is 8. The van der Waals surface area contributed by atoms with Gasteiger partial charge in [0.25, 0.3) is 5.91 Å². The van der Waals surface area contributed by atoms with Gasteiger partial charge in [0.2, 0.25) is 0 Å². The van der Waals surface area contributed by atoms with Crippen LogP contribution in [0.1, 0.15) is 11.4 Å². The van der Waals surface area contributed by atoms with Crippen LogP contribution in [0.4, 0.5) is 0 Å². The molecule has 0 bridgehead atoms. The maximum absolute atomic E-state index is 11.6. The first-order valence-corrected chi connectivity index (χ1v) is 6.72. The lowest BCUT2D eigenvalue weighted by molar-refractivity contribution is -0.116. The highest BCUT2D eigenvalue weighted by Gasteiger charge is 2.28. The molecule has 0 saturated heterocycles. The Kier molecular flexibility index (Phi) is 3.90. The molecule has 0 spiro atoms. The number of carbonyl (C=O) groups is 1. The van der Waals surface area contributed by atoms with Crippen molar-refractivity contribution in [2.45, 2.75) is 10.1 Å². The average Bonchev–Trinajstić information content (AvgIpc) is 2.88. The van der Waals surface area contributed by atoms with Crippen LogP contribution < -0.4 is 5.32 Å². The minimum absolute atomic E-state index is 0.0423. The van der Waals surface area contributed by atoms with Crippen molar-refractivity contribution in [3.8, 4) is 18.2 Å². The minimum Gasteiger partial charge on any atom is -0.354 e. The number of nitriles is 3. The lowest BCUT2D eigenvalue weighted by atomic mass is 10.3. The van der Waals surface area contributed by atoms with Crippen molar-refractivity contribution in [2.75, 3.05) is 7.05 Å². The third kappa shape index (κ3) is 2.30. The van der Waals surface area contributed by atoms with Crippen molar-refractivity contribution < 1.29 is 4.79 Å². The lowest BCUT2D eigenvalue weighted by Gasteiger charge is -1.98. The van der Waals surface area contributed by atoms with Gasteiger partial charge in [-0.1, -0.05) is 23.5 Å². The quantitative estimate of drug-likeness (QED) is 0.598. The number of likely N-dealkylation sites (N-methyl/N-ethyl adjacent to an activating group) is 1. The molecular weight excluding hydrogens is 296 g/mol. The normalized spacial score (nSPS) is 11.8. The zero-order valence-corrected chi connectivity index (χ0v) is 11.6. The van der Waals surface area contributed by atoms with Crippen molar-refractivity contribution in [2.24, 2.45) is 0 Å². The summed E-state index contributed by atoms with van der Waals surface area (Å²) in [7, 11) is 1.43. The van der Waals surface area contributed by atoms with Crippen LogP contribution in [0.2, 0.25) is 0 Å². The van der Waals surface area contributed by atoms with Gasteiger partial charge in [-0.15, -0.1) is 0 Å². The maximum atomic E-state index is 11.6. The van der Waals surface area contributed by atoms with Gasteiger partial charge in [-0.2, -0.15) is 15.8 Å². The molecule has 0 saturated carbocycles. The number of thioether (sulfide) groups is 2. The monoisotopic (exact) mass is 300 g/mol. The fourth-order valence-electron chi connectivity index (χ4n) is 1.31. The van der Waals surface area contributed by atoms with E-state index in [0.717, 1.165) is 23.5 Å². The first kappa shape index (κ1) is 13.9. The summed E-state index contributed by atoms with van der Waals surface area (Å²) in [5.74, 6) is -0.503. The third-order valence-electron chi connectivity index (χ3n) is 2.19. The van der Waals surface area contributed by atoms with Gasteiger partial charge >= 0.3 is 0 Å². The molecule has 0 aromatic carbocycles. The van der Waals surface area contributed by atoms with E-state index in [2.05, 4.69) is 15.3 Å². The Labute approximate surface area is 122 Å². The molecule has 20 heavy (non-hydrogen) atoms. The van der Waals surface area contributed by atoms with E-state index in [0.29, 0.717) is 14.3 Å². The minimum atomic E-state index is -0.503. The molecule has 0 radical (unpaired) electrons. The predicted molar refractivity (Wildman–Crippen MR) is 69.9 cm³/mol. The van der Waals surface area contributed by atoms with Crippen molar-refractivity contribution in [3.63, 3.8) is 0 Å². The SMILES string of the molecule is CNC(=O)C(C#N)=C1Sc2nc(C#N)c(C#N)nc2S1. The van der Waals surface area contributed by atoms with E-state index in [1.54, 1.807) is 12.1 Å². The van der Waals surface area contributed by atoms with E-state index < -0.39 is 5.91 Å². The molecule has 2 heterocycles. The maximum Gasteiger partial charge on any atom is 0.263 e. The zero-order valence-electron chi connectivity index (χ0n) is 9.96. The number of fused-ring (bicyclic) bond motifs is 1. The van der Waals surface area contributed by atoms with Crippen LogP contribution in [0.3, 0.4) is 0 Å². The molecule has 1 aromatic heterocycles. The van der Waals surface area contributed by atoms with Crippen LogP contribution >= 0.6 is 23.5 Å². The smallest absolute Gasteiger partial charge is 0.263 e. The van der Waals surface area contributed by atoms with E-state index >= 15 is 0 Å². The highest BCUT2D eigenvalue weighted by atomic mass is 32.2. The second-order valence-electron chi connectivity index (χ2n) is 3.31. The Morgan fingerprint density at radius 2 is 1.60 bits per heavy atom. The van der Waals surface area contributed by atoms with E-state index in [1.807, 2.05) is 6.07 Å². The standard InChI is InChI=1S/C11H4N6OS2/c1-15-8(18)5(2-12)11-19-9-10(20-11)17-7(4-14)6(3-13)16-9/h1H3,(H,15,18). The number of nitrogens with zero attached hydrogens (tertiary/aromatic N) is 5. The summed E-state index contributed by atoms with van der Waals surface area (Å²) >= 11 is 2.17. The van der Waals surface area contributed by atoms with Gasteiger partial charge in [0, 0.05) is 7.05 Å². The first-order valence-electron chi connectivity index (χ1n) is 5.09. The van der Waals surface area contributed by atoms with Crippen LogP contribution in [0.15, 0.2) is 19.9 Å². The number of carbonyl (C=O) groups excluding carboxylic acids is 1. The summed E-state index contributed by atoms with van der Waals surface area (Å²) in [6, 6.07) is 5.41. The number of amides is 1. The van der Waals surface area contributed by atoms with Crippen LogP contribution in [0.25, 0.3) is 0 Å². The molecule has 1 N–H and O–H groups in total. The Hall–Kier alpha value is -2.54. The Morgan fingerprint density at radius 3 is 1.95 bits per heavy atom. The Balaban J connectivity index is 2.50. The van der Waals surface area contributed by atoms with Gasteiger partial charge in [0.05, 0.1) is 4.24 Å². The van der Waals surface area contributed by atoms with Crippen LogP contribution in [0.5, 0.6) is 0 Å². The van der Waals surface area contributed by atoms with E-state index in [-0.39, 0.29) is 17.0 Å². The van der Waals surface area contributed by atoms with Gasteiger partial charge in [0.15, 0.2) is 11.4 Å². The van der Waals surface area contributed by atoms with Crippen LogP contribution in [0, 0.1) is 34.0 Å². The average molecular weight is 300 g/mol. The van der Waals surface area contributed by atoms with Gasteiger partial charge in [-0.05, 0) is 0 Å². The predicted octanol–water partition coefficient (Wildman–Crippen LogP) is 0.899. The van der Waals surface area contributed by atoms with E-state index in [4.69, 9.17) is 15.8 Å². The number of aromatic nitrogens is 2. The van der Waals surface area contributed by atoms with Crippen molar-refractivity contribution >= 4 is 29.4 Å². The molecule has 7 nitrogen and oxygen atoms in total. The first-order chi connectivity index (χ1) is 9.64. The number of rotatable bonds is 1. The number of nitrogens with one attached hydrogen (secondary N) is 1. The molecule has 96 valence electrons. The van der Waals surface area contributed by atoms with Crippen molar-refractivity contribution in [1.29, 1.82) is 15.8 Å². The van der Waals surface area contributed by atoms with Crippen molar-refractivity contribution in [3.05, 3.63) is 21.2 Å². The van der Waals surface area contributed by atoms with Gasteiger partial charge in [-0.3, -0.25) is 4.79 Å². The highest BCUT2D eigenvalue weighted by Crippen LogP contribution is 2.50. The molecule has 1 aliphatic heterocycles. The summed E-state index contributed by atoms with van der Waals surface area (Å²) in [5, 5.41) is 30.0. The molecule has 0 unspecified atom stereocenters. The summed E-state index contributed by atoms with van der Waals surface area (Å²) in [4.78, 5) is 19.6. The van der Waals surface area contributed by atoms with Gasteiger partial charge < -0.3 is 5.32 Å². The number of hydrogen-bond donors (Lipinski definition) is 1. The summed E-state index contributed by atoms with van der Waals surface area (Å²) in [6.07, 6.45) is 0. The van der Waals surface area contributed by atoms with Gasteiger partial charge in [0.1, 0.15) is 33.8 Å². The fraction of sp³-hybridized carbons (Fsp3) is 0.0909. The highest BCUT2D eigenvalue weighted by molar-refractivity contribution is 8.24. The molecule has 0 atom stereocenters. The Bertz CT molecular complexity index is 720. The second kappa shape index (κ2) is 5.62. The molecule has 9 heteroatoms. The molecule has 2 rings (SSSR count). The summed E-state index contributed by atoms with van der Waals surface area (Å²) < 4.78 is 0.431. The van der Waals surface area contributed by atoms with Gasteiger partial charge in [-0.25, -0.2) is 9.97 Å². The molecule has 1 amide bonds. The molecule has 1 aliphatic rings. The zero-order chi connectivity index (χ0) is 14.7. The van der Waals surface area contributed by atoms with Crippen LogP contribution in [-0.2, 0) is 4.79 Å². The topological polar surface area (TPSA) is 126 Å². The molecule has 0 fully saturated rings. The van der Waals surface area contributed by atoms with Crippen LogP contribution in [-0.4, -0.2) is 22.9 Å². The summed E-state index contributed by atoms with van der Waals surface area (Å²) in [6.45, 7) is 0. The van der Waals surface area contributed by atoms with E-state index in [9.17, 15) is 4.79 Å². The molecule has 0 aliphatic carbocycles. The Morgan fingerprint density at radius 1 is 1.10 bits per heavy atom. The third-order valence-corrected chi connectivity index (χ3v) is 4.56. The second-order valence-corrected chi connectivity index (χ2v) is 5.57. The summed E-state index contributed by atoms with van der Waals surface area (Å²) in [5.41, 5.74) is -0.183. The fourth-order valence-corrected chi connectivity index (χ4v) is 3.57. The molecule has 1 aromatic rings.